The van der Waals surface area contributed by atoms with Gasteiger partial charge in [0.25, 0.3) is 0 Å². The summed E-state index contributed by atoms with van der Waals surface area (Å²) in [5, 5.41) is 15.1. The smallest absolute Gasteiger partial charge is 0.234 e. The molecule has 8 heteroatoms. The van der Waals surface area contributed by atoms with Crippen LogP contribution in [0.15, 0.2) is 58.2 Å². The second-order valence-corrected chi connectivity index (χ2v) is 6.82. The first-order valence-electron chi connectivity index (χ1n) is 7.16. The maximum atomic E-state index is 12.1. The lowest BCUT2D eigenvalue weighted by Gasteiger charge is -2.07. The first kappa shape index (κ1) is 16.7. The lowest BCUT2D eigenvalue weighted by molar-refractivity contribution is -0.113. The van der Waals surface area contributed by atoms with Gasteiger partial charge in [-0.2, -0.15) is 4.68 Å². The van der Waals surface area contributed by atoms with Crippen LogP contribution in [0.5, 0.6) is 0 Å². The number of benzene rings is 2. The van der Waals surface area contributed by atoms with Gasteiger partial charge < -0.3 is 5.32 Å². The Balaban J connectivity index is 1.65. The summed E-state index contributed by atoms with van der Waals surface area (Å²) < 4.78 is 2.46. The summed E-state index contributed by atoms with van der Waals surface area (Å²) in [5.74, 6) is 0.0958. The van der Waals surface area contributed by atoms with Crippen LogP contribution in [0.4, 0.5) is 5.69 Å². The molecule has 0 fully saturated rings. The fraction of sp³-hybridized carbons (Fsp3) is 0.125. The molecule has 3 aromatic rings. The monoisotopic (exact) mass is 403 g/mol. The van der Waals surface area contributed by atoms with Crippen LogP contribution in [0.2, 0.25) is 0 Å². The number of nitrogens with one attached hydrogen (secondary N) is 1. The van der Waals surface area contributed by atoms with E-state index in [1.54, 1.807) is 4.68 Å². The van der Waals surface area contributed by atoms with Gasteiger partial charge >= 0.3 is 0 Å². The van der Waals surface area contributed by atoms with E-state index in [2.05, 4.69) is 36.8 Å². The lowest BCUT2D eigenvalue weighted by atomic mass is 10.2. The van der Waals surface area contributed by atoms with Gasteiger partial charge in [-0.1, -0.05) is 41.6 Å². The zero-order valence-corrected chi connectivity index (χ0v) is 15.2. The third-order valence-electron chi connectivity index (χ3n) is 3.20. The van der Waals surface area contributed by atoms with E-state index in [-0.39, 0.29) is 11.7 Å². The first-order valence-corrected chi connectivity index (χ1v) is 8.94. The molecule has 122 valence electrons. The molecule has 3 rings (SSSR count). The molecular formula is C16H14BrN5OS. The van der Waals surface area contributed by atoms with Crippen molar-refractivity contribution < 1.29 is 4.79 Å². The normalized spacial score (nSPS) is 10.6. The molecule has 0 aliphatic carbocycles. The number of rotatable bonds is 5. The summed E-state index contributed by atoms with van der Waals surface area (Å²) in [5.41, 5.74) is 2.76. The number of para-hydroxylation sites is 1. The summed E-state index contributed by atoms with van der Waals surface area (Å²) in [6.45, 7) is 2.02. The van der Waals surface area contributed by atoms with E-state index in [1.165, 1.54) is 11.8 Å². The van der Waals surface area contributed by atoms with Crippen LogP contribution in [0.3, 0.4) is 0 Å². The van der Waals surface area contributed by atoms with Gasteiger partial charge in [0, 0.05) is 4.47 Å². The SMILES string of the molecule is Cc1ccc(-n2nnnc2SCC(=O)Nc2ccccc2Br)cc1. The van der Waals surface area contributed by atoms with Crippen molar-refractivity contribution >= 4 is 39.3 Å². The molecule has 2 aromatic carbocycles. The minimum atomic E-state index is -0.120. The Morgan fingerprint density at radius 2 is 1.96 bits per heavy atom. The highest BCUT2D eigenvalue weighted by atomic mass is 79.9. The number of thioether (sulfide) groups is 1. The van der Waals surface area contributed by atoms with E-state index in [9.17, 15) is 4.79 Å². The molecule has 0 aliphatic heterocycles. The van der Waals surface area contributed by atoms with E-state index in [0.29, 0.717) is 5.16 Å². The molecule has 0 unspecified atom stereocenters. The number of aryl methyl sites for hydroxylation is 1. The van der Waals surface area contributed by atoms with Crippen LogP contribution in [0, 0.1) is 6.92 Å². The van der Waals surface area contributed by atoms with Crippen molar-refractivity contribution in [2.75, 3.05) is 11.1 Å². The predicted molar refractivity (Wildman–Crippen MR) is 97.4 cm³/mol. The number of carbonyl (C=O) groups excluding carboxylic acids is 1. The molecule has 1 heterocycles. The van der Waals surface area contributed by atoms with Crippen LogP contribution in [0.1, 0.15) is 5.56 Å². The highest BCUT2D eigenvalue weighted by Gasteiger charge is 2.12. The van der Waals surface area contributed by atoms with Gasteiger partial charge in [-0.15, -0.1) is 5.10 Å². The molecule has 1 N–H and O–H groups in total. The van der Waals surface area contributed by atoms with Gasteiger partial charge in [-0.05, 0) is 57.5 Å². The average Bonchev–Trinajstić information content (AvgIpc) is 3.04. The van der Waals surface area contributed by atoms with Crippen LogP contribution in [-0.2, 0) is 4.79 Å². The second-order valence-electron chi connectivity index (χ2n) is 5.03. The van der Waals surface area contributed by atoms with Gasteiger partial charge in [0.2, 0.25) is 11.1 Å². The van der Waals surface area contributed by atoms with E-state index in [0.717, 1.165) is 21.4 Å². The average molecular weight is 404 g/mol. The number of halogens is 1. The Labute approximate surface area is 151 Å². The largest absolute Gasteiger partial charge is 0.324 e. The minimum Gasteiger partial charge on any atom is -0.324 e. The molecule has 0 bridgehead atoms. The number of hydrogen-bond donors (Lipinski definition) is 1. The highest BCUT2D eigenvalue weighted by molar-refractivity contribution is 9.10. The number of hydrogen-bond acceptors (Lipinski definition) is 5. The highest BCUT2D eigenvalue weighted by Crippen LogP contribution is 2.22. The third-order valence-corrected chi connectivity index (χ3v) is 4.81. The number of amides is 1. The van der Waals surface area contributed by atoms with Crippen molar-refractivity contribution in [2.24, 2.45) is 0 Å². The van der Waals surface area contributed by atoms with E-state index >= 15 is 0 Å². The van der Waals surface area contributed by atoms with E-state index in [1.807, 2.05) is 55.5 Å². The number of anilines is 1. The second kappa shape index (κ2) is 7.59. The van der Waals surface area contributed by atoms with E-state index < -0.39 is 0 Å². The third kappa shape index (κ3) is 4.01. The number of aromatic nitrogens is 4. The number of nitrogens with zero attached hydrogens (tertiary/aromatic N) is 4. The van der Waals surface area contributed by atoms with Crippen LogP contribution in [-0.4, -0.2) is 31.9 Å². The molecular weight excluding hydrogens is 390 g/mol. The maximum Gasteiger partial charge on any atom is 0.234 e. The first-order chi connectivity index (χ1) is 11.6. The molecule has 1 aromatic heterocycles. The quantitative estimate of drug-likeness (QED) is 0.660. The van der Waals surface area contributed by atoms with Crippen molar-refractivity contribution in [1.29, 1.82) is 0 Å². The standard InChI is InChI=1S/C16H14BrN5OS/c1-11-6-8-12(9-7-11)22-16(19-20-21-22)24-10-15(23)18-14-5-3-2-4-13(14)17/h2-9H,10H2,1H3,(H,18,23). The Bertz CT molecular complexity index is 850. The summed E-state index contributed by atoms with van der Waals surface area (Å²) in [6, 6.07) is 15.3. The summed E-state index contributed by atoms with van der Waals surface area (Å²) in [4.78, 5) is 12.1. The zero-order chi connectivity index (χ0) is 16.9. The van der Waals surface area contributed by atoms with Gasteiger partial charge in [0.15, 0.2) is 0 Å². The van der Waals surface area contributed by atoms with Crippen LogP contribution < -0.4 is 5.32 Å². The molecule has 0 aliphatic rings. The van der Waals surface area contributed by atoms with Gasteiger partial charge in [-0.3, -0.25) is 4.79 Å². The molecule has 0 saturated carbocycles. The Hall–Kier alpha value is -2.19. The van der Waals surface area contributed by atoms with Crippen molar-refractivity contribution in [2.45, 2.75) is 12.1 Å². The van der Waals surface area contributed by atoms with Gasteiger partial charge in [0.05, 0.1) is 17.1 Å². The number of tetrazole rings is 1. The van der Waals surface area contributed by atoms with Crippen molar-refractivity contribution in [3.05, 3.63) is 58.6 Å². The molecule has 0 saturated heterocycles. The Morgan fingerprint density at radius 1 is 1.21 bits per heavy atom. The topological polar surface area (TPSA) is 72.7 Å². The molecule has 0 spiro atoms. The fourth-order valence-electron chi connectivity index (χ4n) is 2.00. The van der Waals surface area contributed by atoms with Crippen molar-refractivity contribution in [3.8, 4) is 5.69 Å². The zero-order valence-electron chi connectivity index (χ0n) is 12.8. The molecule has 0 atom stereocenters. The molecule has 6 nitrogen and oxygen atoms in total. The van der Waals surface area contributed by atoms with Crippen LogP contribution in [0.25, 0.3) is 5.69 Å². The Morgan fingerprint density at radius 3 is 2.71 bits per heavy atom. The summed E-state index contributed by atoms with van der Waals surface area (Å²) in [7, 11) is 0. The number of carbonyl (C=O) groups is 1. The van der Waals surface area contributed by atoms with Gasteiger partial charge in [0.1, 0.15) is 0 Å². The lowest BCUT2D eigenvalue weighted by Crippen LogP contribution is -2.15. The molecule has 0 radical (unpaired) electrons. The summed E-state index contributed by atoms with van der Waals surface area (Å²) >= 11 is 4.69. The minimum absolute atomic E-state index is 0.120. The Kier molecular flexibility index (Phi) is 5.27. The van der Waals surface area contributed by atoms with E-state index in [4.69, 9.17) is 0 Å². The summed E-state index contributed by atoms with van der Waals surface area (Å²) in [6.07, 6.45) is 0. The van der Waals surface area contributed by atoms with Crippen molar-refractivity contribution in [3.63, 3.8) is 0 Å². The fourth-order valence-corrected chi connectivity index (χ4v) is 3.07. The molecule has 24 heavy (non-hydrogen) atoms. The van der Waals surface area contributed by atoms with Gasteiger partial charge in [-0.25, -0.2) is 0 Å². The molecule has 1 amide bonds. The van der Waals surface area contributed by atoms with Crippen molar-refractivity contribution in [1.82, 2.24) is 20.2 Å². The predicted octanol–water partition coefficient (Wildman–Crippen LogP) is 3.46. The van der Waals surface area contributed by atoms with Crippen LogP contribution >= 0.6 is 27.7 Å². The maximum absolute atomic E-state index is 12.1.